The lowest BCUT2D eigenvalue weighted by Crippen LogP contribution is -2.36. The minimum absolute atomic E-state index is 0.0712. The molecule has 2 heterocycles. The van der Waals surface area contributed by atoms with Crippen LogP contribution in [-0.2, 0) is 6.42 Å². The number of rotatable bonds is 3. The predicted molar refractivity (Wildman–Crippen MR) is 110 cm³/mol. The van der Waals surface area contributed by atoms with Crippen molar-refractivity contribution in [3.8, 4) is 0 Å². The van der Waals surface area contributed by atoms with Gasteiger partial charge in [0, 0.05) is 30.0 Å². The SMILES string of the molecule is O=C(NC1CCCCCC1)c1cc(C(=O)N2CCCc3ccccc32)ccn1. The van der Waals surface area contributed by atoms with E-state index in [1.165, 1.54) is 18.4 Å². The first kappa shape index (κ1) is 18.7. The molecule has 1 saturated carbocycles. The normalized spacial score (nSPS) is 17.5. The van der Waals surface area contributed by atoms with Gasteiger partial charge in [-0.2, -0.15) is 0 Å². The van der Waals surface area contributed by atoms with Crippen molar-refractivity contribution in [3.63, 3.8) is 0 Å². The summed E-state index contributed by atoms with van der Waals surface area (Å²) < 4.78 is 0. The second-order valence-corrected chi connectivity index (χ2v) is 7.78. The van der Waals surface area contributed by atoms with Gasteiger partial charge >= 0.3 is 0 Å². The first-order valence-corrected chi connectivity index (χ1v) is 10.4. The Labute approximate surface area is 166 Å². The Morgan fingerprint density at radius 3 is 2.61 bits per heavy atom. The molecular weight excluding hydrogens is 350 g/mol. The van der Waals surface area contributed by atoms with Crippen LogP contribution in [0.1, 0.15) is 71.4 Å². The van der Waals surface area contributed by atoms with E-state index in [1.54, 1.807) is 18.3 Å². The van der Waals surface area contributed by atoms with Gasteiger partial charge < -0.3 is 10.2 Å². The Morgan fingerprint density at radius 2 is 1.79 bits per heavy atom. The van der Waals surface area contributed by atoms with Gasteiger partial charge in [0.25, 0.3) is 11.8 Å². The van der Waals surface area contributed by atoms with Gasteiger partial charge in [0.05, 0.1) is 0 Å². The zero-order chi connectivity index (χ0) is 19.3. The van der Waals surface area contributed by atoms with E-state index in [2.05, 4.69) is 16.4 Å². The smallest absolute Gasteiger partial charge is 0.270 e. The van der Waals surface area contributed by atoms with Gasteiger partial charge in [0.15, 0.2) is 0 Å². The third-order valence-electron chi connectivity index (χ3n) is 5.79. The maximum absolute atomic E-state index is 13.1. The van der Waals surface area contributed by atoms with Crippen LogP contribution in [0.25, 0.3) is 0 Å². The Hall–Kier alpha value is -2.69. The van der Waals surface area contributed by atoms with Crippen LogP contribution in [0, 0.1) is 0 Å². The molecule has 0 atom stereocenters. The number of nitrogens with one attached hydrogen (secondary N) is 1. The highest BCUT2D eigenvalue weighted by molar-refractivity contribution is 6.07. The molecule has 5 heteroatoms. The van der Waals surface area contributed by atoms with Gasteiger partial charge in [-0.25, -0.2) is 0 Å². The highest BCUT2D eigenvalue weighted by Crippen LogP contribution is 2.28. The average Bonchev–Trinajstić information content (AvgIpc) is 3.01. The number of carbonyl (C=O) groups excluding carboxylic acids is 2. The standard InChI is InChI=1S/C23H27N3O2/c27-22(25-19-10-3-1-2-4-11-19)20-16-18(13-14-24-20)23(28)26-15-7-9-17-8-5-6-12-21(17)26/h5-6,8,12-14,16,19H,1-4,7,9-11,15H2,(H,25,27). The number of hydrogen-bond donors (Lipinski definition) is 1. The highest BCUT2D eigenvalue weighted by atomic mass is 16.2. The predicted octanol–water partition coefficient (Wildman–Crippen LogP) is 4.13. The molecule has 2 amide bonds. The minimum atomic E-state index is -0.180. The maximum atomic E-state index is 13.1. The summed E-state index contributed by atoms with van der Waals surface area (Å²) in [6.45, 7) is 0.696. The van der Waals surface area contributed by atoms with E-state index in [4.69, 9.17) is 0 Å². The largest absolute Gasteiger partial charge is 0.348 e. The summed E-state index contributed by atoms with van der Waals surface area (Å²) in [7, 11) is 0. The molecule has 0 spiro atoms. The molecule has 1 aliphatic heterocycles. The quantitative estimate of drug-likeness (QED) is 0.818. The molecule has 0 bridgehead atoms. The number of fused-ring (bicyclic) bond motifs is 1. The second kappa shape index (κ2) is 8.55. The Bertz CT molecular complexity index is 856. The second-order valence-electron chi connectivity index (χ2n) is 7.78. The summed E-state index contributed by atoms with van der Waals surface area (Å²) in [5.41, 5.74) is 3.00. The van der Waals surface area contributed by atoms with Crippen LogP contribution in [-0.4, -0.2) is 29.4 Å². The molecule has 2 aromatic rings. The number of hydrogen-bond acceptors (Lipinski definition) is 3. The van der Waals surface area contributed by atoms with Crippen LogP contribution in [0.4, 0.5) is 5.69 Å². The van der Waals surface area contributed by atoms with Gasteiger partial charge in [0.2, 0.25) is 0 Å². The first-order valence-electron chi connectivity index (χ1n) is 10.4. The van der Waals surface area contributed by atoms with Crippen LogP contribution in [0.3, 0.4) is 0 Å². The van der Waals surface area contributed by atoms with Crippen molar-refractivity contribution in [2.75, 3.05) is 11.4 Å². The van der Waals surface area contributed by atoms with Crippen molar-refractivity contribution in [1.82, 2.24) is 10.3 Å². The van der Waals surface area contributed by atoms with E-state index >= 15 is 0 Å². The van der Waals surface area contributed by atoms with Gasteiger partial charge in [-0.15, -0.1) is 0 Å². The molecule has 4 rings (SSSR count). The molecule has 1 aromatic heterocycles. The molecule has 0 radical (unpaired) electrons. The monoisotopic (exact) mass is 377 g/mol. The van der Waals surface area contributed by atoms with E-state index in [0.717, 1.165) is 44.2 Å². The lowest BCUT2D eigenvalue weighted by atomic mass is 10.0. The third kappa shape index (κ3) is 4.08. The molecule has 146 valence electrons. The van der Waals surface area contributed by atoms with Crippen LogP contribution < -0.4 is 10.2 Å². The molecular formula is C23H27N3O2. The molecule has 1 fully saturated rings. The summed E-state index contributed by atoms with van der Waals surface area (Å²) in [6.07, 6.45) is 10.3. The number of amides is 2. The summed E-state index contributed by atoms with van der Waals surface area (Å²) in [5.74, 6) is -0.251. The lowest BCUT2D eigenvalue weighted by Gasteiger charge is -2.29. The molecule has 1 aliphatic carbocycles. The summed E-state index contributed by atoms with van der Waals surface area (Å²) in [6, 6.07) is 11.6. The first-order chi connectivity index (χ1) is 13.7. The maximum Gasteiger partial charge on any atom is 0.270 e. The Morgan fingerprint density at radius 1 is 1.00 bits per heavy atom. The lowest BCUT2D eigenvalue weighted by molar-refractivity contribution is 0.0928. The number of aromatic nitrogens is 1. The summed E-state index contributed by atoms with van der Waals surface area (Å²) in [4.78, 5) is 31.9. The molecule has 1 N–H and O–H groups in total. The van der Waals surface area contributed by atoms with Crippen molar-refractivity contribution in [2.45, 2.75) is 57.4 Å². The molecule has 0 saturated heterocycles. The van der Waals surface area contributed by atoms with Crippen LogP contribution >= 0.6 is 0 Å². The summed E-state index contributed by atoms with van der Waals surface area (Å²) in [5, 5.41) is 3.11. The van der Waals surface area contributed by atoms with Crippen LogP contribution in [0.15, 0.2) is 42.6 Å². The number of anilines is 1. The molecule has 2 aliphatic rings. The van der Waals surface area contributed by atoms with Crippen molar-refractivity contribution >= 4 is 17.5 Å². The molecule has 28 heavy (non-hydrogen) atoms. The molecule has 1 aromatic carbocycles. The fourth-order valence-corrected chi connectivity index (χ4v) is 4.27. The third-order valence-corrected chi connectivity index (χ3v) is 5.79. The van der Waals surface area contributed by atoms with Crippen molar-refractivity contribution in [2.24, 2.45) is 0 Å². The average molecular weight is 377 g/mol. The number of carbonyl (C=O) groups is 2. The zero-order valence-electron chi connectivity index (χ0n) is 16.2. The van der Waals surface area contributed by atoms with Gasteiger partial charge in [-0.05, 0) is 49.4 Å². The van der Waals surface area contributed by atoms with Gasteiger partial charge in [-0.1, -0.05) is 43.9 Å². The van der Waals surface area contributed by atoms with Crippen molar-refractivity contribution in [1.29, 1.82) is 0 Å². The van der Waals surface area contributed by atoms with Crippen molar-refractivity contribution < 1.29 is 9.59 Å². The fraction of sp³-hybridized carbons (Fsp3) is 0.435. The van der Waals surface area contributed by atoms with Gasteiger partial charge in [-0.3, -0.25) is 14.6 Å². The number of nitrogens with zero attached hydrogens (tertiary/aromatic N) is 2. The Kier molecular flexibility index (Phi) is 5.70. The van der Waals surface area contributed by atoms with Gasteiger partial charge in [0.1, 0.15) is 5.69 Å². The van der Waals surface area contributed by atoms with Crippen LogP contribution in [0.5, 0.6) is 0 Å². The number of benzene rings is 1. The van der Waals surface area contributed by atoms with E-state index in [9.17, 15) is 9.59 Å². The number of para-hydroxylation sites is 1. The highest BCUT2D eigenvalue weighted by Gasteiger charge is 2.24. The summed E-state index contributed by atoms with van der Waals surface area (Å²) >= 11 is 0. The minimum Gasteiger partial charge on any atom is -0.348 e. The zero-order valence-corrected chi connectivity index (χ0v) is 16.2. The fourth-order valence-electron chi connectivity index (χ4n) is 4.27. The van der Waals surface area contributed by atoms with E-state index < -0.39 is 0 Å². The topological polar surface area (TPSA) is 62.3 Å². The van der Waals surface area contributed by atoms with Crippen LogP contribution in [0.2, 0.25) is 0 Å². The van der Waals surface area contributed by atoms with E-state index in [0.29, 0.717) is 17.8 Å². The molecule has 5 nitrogen and oxygen atoms in total. The van der Waals surface area contributed by atoms with E-state index in [-0.39, 0.29) is 17.9 Å². The van der Waals surface area contributed by atoms with Crippen molar-refractivity contribution in [3.05, 3.63) is 59.4 Å². The number of pyridine rings is 1. The molecule has 0 unspecified atom stereocenters. The number of aryl methyl sites for hydroxylation is 1. The Balaban J connectivity index is 1.50. The van der Waals surface area contributed by atoms with E-state index in [1.807, 2.05) is 23.1 Å².